The van der Waals surface area contributed by atoms with E-state index in [9.17, 15) is 4.79 Å². The van der Waals surface area contributed by atoms with E-state index in [0.29, 0.717) is 29.2 Å². The average Bonchev–Trinajstić information content (AvgIpc) is 3.31. The first kappa shape index (κ1) is 26.1. The number of amides is 1. The predicted molar refractivity (Wildman–Crippen MR) is 146 cm³/mol. The molecule has 7 heteroatoms. The van der Waals surface area contributed by atoms with Gasteiger partial charge in [-0.1, -0.05) is 62.2 Å². The number of hydrogen-bond donors (Lipinski definition) is 1. The fourth-order valence-corrected chi connectivity index (χ4v) is 4.63. The van der Waals surface area contributed by atoms with Gasteiger partial charge in [-0.2, -0.15) is 0 Å². The molecule has 4 rings (SSSR count). The maximum absolute atomic E-state index is 13.6. The molecule has 1 N–H and O–H groups in total. The molecule has 0 saturated carbocycles. The van der Waals surface area contributed by atoms with Gasteiger partial charge in [-0.05, 0) is 42.7 Å². The van der Waals surface area contributed by atoms with Crippen LogP contribution in [0.1, 0.15) is 54.0 Å². The Bertz CT molecular complexity index is 1310. The third kappa shape index (κ3) is 5.88. The summed E-state index contributed by atoms with van der Waals surface area (Å²) in [5, 5.41) is 3.26. The number of unbranched alkanes of at least 4 members (excludes halogenated alkanes) is 2. The number of rotatable bonds is 12. The summed E-state index contributed by atoms with van der Waals surface area (Å²) in [6.45, 7) is 3.04. The summed E-state index contributed by atoms with van der Waals surface area (Å²) in [6.07, 6.45) is 3.91. The van der Waals surface area contributed by atoms with Crippen LogP contribution in [0.15, 0.2) is 66.7 Å². The predicted octanol–water partition coefficient (Wildman–Crippen LogP) is 5.97. The van der Waals surface area contributed by atoms with Crippen molar-refractivity contribution in [2.75, 3.05) is 21.3 Å². The van der Waals surface area contributed by atoms with Crippen molar-refractivity contribution in [1.82, 2.24) is 14.9 Å². The minimum atomic E-state index is -0.344. The van der Waals surface area contributed by atoms with Crippen molar-refractivity contribution in [3.05, 3.63) is 83.7 Å². The van der Waals surface area contributed by atoms with Gasteiger partial charge in [-0.3, -0.25) is 4.79 Å². The number of benzene rings is 3. The van der Waals surface area contributed by atoms with Gasteiger partial charge in [-0.15, -0.1) is 0 Å². The van der Waals surface area contributed by atoms with Gasteiger partial charge in [0, 0.05) is 12.1 Å². The lowest BCUT2D eigenvalue weighted by atomic mass is 10.0. The number of nitrogens with one attached hydrogen (secondary N) is 1. The van der Waals surface area contributed by atoms with Crippen LogP contribution in [-0.2, 0) is 13.0 Å². The van der Waals surface area contributed by atoms with Crippen LogP contribution in [0.2, 0.25) is 0 Å². The summed E-state index contributed by atoms with van der Waals surface area (Å²) in [4.78, 5) is 18.6. The Morgan fingerprint density at radius 2 is 1.59 bits per heavy atom. The Hall–Kier alpha value is -4.00. The SMILES string of the molecule is CCCCCn1c([C@@H](Cc2ccccc2)NC(=O)c2cc(OC)c(OC)c(OC)c2)nc2ccccc21. The highest BCUT2D eigenvalue weighted by Crippen LogP contribution is 2.38. The molecule has 1 aromatic heterocycles. The van der Waals surface area contributed by atoms with Crippen molar-refractivity contribution in [1.29, 1.82) is 0 Å². The second-order valence-electron chi connectivity index (χ2n) is 8.95. The first-order valence-corrected chi connectivity index (χ1v) is 12.7. The number of carbonyl (C=O) groups is 1. The van der Waals surface area contributed by atoms with E-state index >= 15 is 0 Å². The van der Waals surface area contributed by atoms with E-state index in [1.165, 1.54) is 14.2 Å². The van der Waals surface area contributed by atoms with Gasteiger partial charge in [0.1, 0.15) is 5.82 Å². The molecule has 37 heavy (non-hydrogen) atoms. The van der Waals surface area contributed by atoms with Gasteiger partial charge in [0.05, 0.1) is 38.4 Å². The zero-order chi connectivity index (χ0) is 26.2. The number of imidazole rings is 1. The largest absolute Gasteiger partial charge is 0.493 e. The van der Waals surface area contributed by atoms with Crippen LogP contribution in [0.25, 0.3) is 11.0 Å². The van der Waals surface area contributed by atoms with E-state index in [4.69, 9.17) is 19.2 Å². The van der Waals surface area contributed by atoms with E-state index in [1.807, 2.05) is 36.4 Å². The number of hydrogen-bond acceptors (Lipinski definition) is 5. The average molecular weight is 502 g/mol. The van der Waals surface area contributed by atoms with Gasteiger partial charge in [0.15, 0.2) is 11.5 Å². The molecule has 0 radical (unpaired) electrons. The quantitative estimate of drug-likeness (QED) is 0.242. The summed E-state index contributed by atoms with van der Waals surface area (Å²) in [5.74, 6) is 1.91. The fourth-order valence-electron chi connectivity index (χ4n) is 4.63. The molecule has 0 aliphatic carbocycles. The molecule has 0 spiro atoms. The molecule has 0 aliphatic rings. The van der Waals surface area contributed by atoms with E-state index in [1.54, 1.807) is 19.2 Å². The number of aromatic nitrogens is 2. The minimum absolute atomic E-state index is 0.243. The second-order valence-corrected chi connectivity index (χ2v) is 8.95. The first-order valence-electron chi connectivity index (χ1n) is 12.7. The molecule has 0 aliphatic heterocycles. The molecule has 1 atom stereocenters. The number of carbonyl (C=O) groups excluding carboxylic acids is 1. The standard InChI is InChI=1S/C30H35N3O4/c1-5-6-12-17-33-25-16-11-10-15-23(25)31-29(33)24(18-21-13-8-7-9-14-21)32-30(34)22-19-26(35-2)28(37-4)27(20-22)36-3/h7-11,13-16,19-20,24H,5-6,12,17-18H2,1-4H3,(H,32,34)/t24-/m1/s1. The van der Waals surface area contributed by atoms with Crippen LogP contribution in [0.5, 0.6) is 17.2 Å². The number of methoxy groups -OCH3 is 3. The number of aryl methyl sites for hydroxylation is 1. The Morgan fingerprint density at radius 1 is 0.919 bits per heavy atom. The molecule has 1 heterocycles. The lowest BCUT2D eigenvalue weighted by Crippen LogP contribution is -2.32. The monoisotopic (exact) mass is 501 g/mol. The Kier molecular flexibility index (Phi) is 8.67. The van der Waals surface area contributed by atoms with Gasteiger partial charge in [0.25, 0.3) is 5.91 Å². The second kappa shape index (κ2) is 12.3. The van der Waals surface area contributed by atoms with Crippen LogP contribution in [0, 0.1) is 0 Å². The smallest absolute Gasteiger partial charge is 0.252 e. The third-order valence-corrected chi connectivity index (χ3v) is 6.50. The number of nitrogens with zero attached hydrogens (tertiary/aromatic N) is 2. The molecule has 4 aromatic rings. The van der Waals surface area contributed by atoms with Crippen LogP contribution in [-0.4, -0.2) is 36.8 Å². The molecule has 7 nitrogen and oxygen atoms in total. The van der Waals surface area contributed by atoms with Crippen LogP contribution in [0.4, 0.5) is 0 Å². The van der Waals surface area contributed by atoms with Gasteiger partial charge < -0.3 is 24.1 Å². The zero-order valence-corrected chi connectivity index (χ0v) is 22.0. The van der Waals surface area contributed by atoms with Crippen LogP contribution in [0.3, 0.4) is 0 Å². The Morgan fingerprint density at radius 3 is 2.24 bits per heavy atom. The van der Waals surface area contributed by atoms with E-state index in [0.717, 1.165) is 48.2 Å². The molecule has 1 amide bonds. The van der Waals surface area contributed by atoms with Crippen LogP contribution < -0.4 is 19.5 Å². The highest BCUT2D eigenvalue weighted by atomic mass is 16.5. The lowest BCUT2D eigenvalue weighted by Gasteiger charge is -2.21. The van der Waals surface area contributed by atoms with Gasteiger partial charge in [0.2, 0.25) is 5.75 Å². The van der Waals surface area contributed by atoms with E-state index in [-0.39, 0.29) is 11.9 Å². The zero-order valence-electron chi connectivity index (χ0n) is 22.0. The van der Waals surface area contributed by atoms with Crippen molar-refractivity contribution in [3.8, 4) is 17.2 Å². The normalized spacial score (nSPS) is 11.8. The lowest BCUT2D eigenvalue weighted by molar-refractivity contribution is 0.0933. The van der Waals surface area contributed by atoms with Crippen molar-refractivity contribution >= 4 is 16.9 Å². The molecular weight excluding hydrogens is 466 g/mol. The topological polar surface area (TPSA) is 74.6 Å². The van der Waals surface area contributed by atoms with Crippen LogP contribution >= 0.6 is 0 Å². The number of ether oxygens (including phenoxy) is 3. The first-order chi connectivity index (χ1) is 18.1. The third-order valence-electron chi connectivity index (χ3n) is 6.50. The summed E-state index contributed by atoms with van der Waals surface area (Å²) < 4.78 is 18.6. The molecule has 0 saturated heterocycles. The maximum atomic E-state index is 13.6. The van der Waals surface area contributed by atoms with Crippen molar-refractivity contribution < 1.29 is 19.0 Å². The Labute approximate surface area is 218 Å². The molecule has 0 fully saturated rings. The van der Waals surface area contributed by atoms with Gasteiger partial charge in [-0.25, -0.2) is 4.98 Å². The molecular formula is C30H35N3O4. The highest BCUT2D eigenvalue weighted by Gasteiger charge is 2.25. The van der Waals surface area contributed by atoms with Crippen molar-refractivity contribution in [2.24, 2.45) is 0 Å². The summed E-state index contributed by atoms with van der Waals surface area (Å²) >= 11 is 0. The number of fused-ring (bicyclic) bond motifs is 1. The van der Waals surface area contributed by atoms with Crippen molar-refractivity contribution in [3.63, 3.8) is 0 Å². The van der Waals surface area contributed by atoms with Gasteiger partial charge >= 0.3 is 0 Å². The fraction of sp³-hybridized carbons (Fsp3) is 0.333. The summed E-state index contributed by atoms with van der Waals surface area (Å²) in [7, 11) is 4.62. The summed E-state index contributed by atoms with van der Waals surface area (Å²) in [5.41, 5.74) is 3.54. The molecule has 194 valence electrons. The molecule has 3 aromatic carbocycles. The van der Waals surface area contributed by atoms with Crippen molar-refractivity contribution in [2.45, 2.75) is 45.2 Å². The summed E-state index contributed by atoms with van der Waals surface area (Å²) in [6, 6.07) is 21.3. The van der Waals surface area contributed by atoms with E-state index in [2.05, 4.69) is 35.0 Å². The maximum Gasteiger partial charge on any atom is 0.252 e. The van der Waals surface area contributed by atoms with E-state index < -0.39 is 0 Å². The minimum Gasteiger partial charge on any atom is -0.493 e. The Balaban J connectivity index is 1.75. The molecule has 0 unspecified atom stereocenters. The molecule has 0 bridgehead atoms. The highest BCUT2D eigenvalue weighted by molar-refractivity contribution is 5.96. The number of para-hydroxylation sites is 2.